The first kappa shape index (κ1) is 14.7. The van der Waals surface area contributed by atoms with Crippen LogP contribution in [-0.2, 0) is 6.54 Å². The van der Waals surface area contributed by atoms with Crippen molar-refractivity contribution in [2.45, 2.75) is 32.7 Å². The van der Waals surface area contributed by atoms with E-state index in [-0.39, 0.29) is 0 Å². The van der Waals surface area contributed by atoms with Crippen LogP contribution in [-0.4, -0.2) is 27.9 Å². The molecule has 0 bridgehead atoms. The van der Waals surface area contributed by atoms with E-state index in [9.17, 15) is 0 Å². The van der Waals surface area contributed by atoms with Crippen LogP contribution in [0.5, 0.6) is 0 Å². The second kappa shape index (κ2) is 6.32. The molecule has 0 atom stereocenters. The Morgan fingerprint density at radius 1 is 1.26 bits per heavy atom. The number of anilines is 1. The Bertz CT molecular complexity index is 770. The molecule has 23 heavy (non-hydrogen) atoms. The molecule has 3 aromatic rings. The van der Waals surface area contributed by atoms with E-state index in [0.29, 0.717) is 0 Å². The quantitative estimate of drug-likeness (QED) is 0.723. The van der Waals surface area contributed by atoms with Crippen LogP contribution in [0.4, 0.5) is 5.13 Å². The molecule has 0 spiro atoms. The third-order valence-corrected chi connectivity index (χ3v) is 5.82. The number of benzene rings is 1. The molecule has 3 heterocycles. The minimum Gasteiger partial charge on any atom is -0.348 e. The fraction of sp³-hybridized carbons (Fsp3) is 0.444. The molecule has 0 amide bonds. The smallest absolute Gasteiger partial charge is 0.186 e. The minimum atomic E-state index is 0.812. The number of hydrogen-bond donors (Lipinski definition) is 0. The fourth-order valence-corrected chi connectivity index (χ4v) is 4.43. The van der Waals surface area contributed by atoms with Crippen molar-refractivity contribution in [1.82, 2.24) is 14.8 Å². The zero-order chi connectivity index (χ0) is 15.6. The molecule has 4 nitrogen and oxygen atoms in total. The van der Waals surface area contributed by atoms with Gasteiger partial charge in [0, 0.05) is 32.0 Å². The van der Waals surface area contributed by atoms with E-state index in [1.807, 2.05) is 28.3 Å². The lowest BCUT2D eigenvalue weighted by Gasteiger charge is -2.31. The van der Waals surface area contributed by atoms with Crippen molar-refractivity contribution in [3.05, 3.63) is 42.2 Å². The number of thiazole rings is 1. The van der Waals surface area contributed by atoms with Crippen molar-refractivity contribution < 1.29 is 0 Å². The van der Waals surface area contributed by atoms with Gasteiger partial charge in [0.15, 0.2) is 5.13 Å². The van der Waals surface area contributed by atoms with Crippen molar-refractivity contribution in [1.29, 1.82) is 0 Å². The van der Waals surface area contributed by atoms with Crippen LogP contribution < -0.4 is 4.90 Å². The van der Waals surface area contributed by atoms with Gasteiger partial charge in [-0.25, -0.2) is 4.98 Å². The molecule has 1 saturated heterocycles. The molecule has 0 saturated carbocycles. The lowest BCUT2D eigenvalue weighted by molar-refractivity contribution is 0.354. The summed E-state index contributed by atoms with van der Waals surface area (Å²) in [5, 5.41) is 5.48. The molecule has 1 aliphatic rings. The molecule has 0 unspecified atom stereocenters. The summed E-state index contributed by atoms with van der Waals surface area (Å²) >= 11 is 1.83. The molecule has 120 valence electrons. The van der Waals surface area contributed by atoms with Crippen molar-refractivity contribution in [2.24, 2.45) is 5.92 Å². The van der Waals surface area contributed by atoms with E-state index in [4.69, 9.17) is 4.98 Å². The third kappa shape index (κ3) is 3.24. The maximum atomic E-state index is 4.82. The van der Waals surface area contributed by atoms with Gasteiger partial charge in [-0.05, 0) is 55.9 Å². The van der Waals surface area contributed by atoms with Crippen LogP contribution in [0.15, 0.2) is 36.7 Å². The summed E-state index contributed by atoms with van der Waals surface area (Å²) in [5.41, 5.74) is 2.45. The average molecular weight is 326 g/mol. The van der Waals surface area contributed by atoms with Gasteiger partial charge >= 0.3 is 0 Å². The van der Waals surface area contributed by atoms with Gasteiger partial charge in [-0.1, -0.05) is 17.4 Å². The second-order valence-electron chi connectivity index (χ2n) is 6.46. The van der Waals surface area contributed by atoms with E-state index in [1.165, 1.54) is 34.7 Å². The van der Waals surface area contributed by atoms with Gasteiger partial charge in [-0.15, -0.1) is 0 Å². The van der Waals surface area contributed by atoms with Gasteiger partial charge < -0.3 is 4.90 Å². The SMILES string of the molecule is Cc1ccc2nc(N3CCC(CCn4cccn4)CC3)sc2c1. The monoisotopic (exact) mass is 326 g/mol. The molecular formula is C18H22N4S. The number of nitrogens with zero attached hydrogens (tertiary/aromatic N) is 4. The lowest BCUT2D eigenvalue weighted by Crippen LogP contribution is -2.33. The van der Waals surface area contributed by atoms with Crippen LogP contribution in [0, 0.1) is 12.8 Å². The Morgan fingerprint density at radius 3 is 2.91 bits per heavy atom. The molecule has 1 aliphatic heterocycles. The molecular weight excluding hydrogens is 304 g/mol. The Balaban J connectivity index is 1.36. The zero-order valence-corrected chi connectivity index (χ0v) is 14.3. The summed E-state index contributed by atoms with van der Waals surface area (Å²) in [6, 6.07) is 8.53. The molecule has 0 radical (unpaired) electrons. The molecule has 0 aliphatic carbocycles. The largest absolute Gasteiger partial charge is 0.348 e. The van der Waals surface area contributed by atoms with E-state index < -0.39 is 0 Å². The summed E-state index contributed by atoms with van der Waals surface area (Å²) in [6.45, 7) is 5.44. The summed E-state index contributed by atoms with van der Waals surface area (Å²) < 4.78 is 3.35. The highest BCUT2D eigenvalue weighted by Crippen LogP contribution is 2.32. The Kier molecular flexibility index (Phi) is 4.04. The number of hydrogen-bond acceptors (Lipinski definition) is 4. The van der Waals surface area contributed by atoms with E-state index in [2.05, 4.69) is 41.3 Å². The lowest BCUT2D eigenvalue weighted by atomic mass is 9.94. The highest BCUT2D eigenvalue weighted by atomic mass is 32.1. The van der Waals surface area contributed by atoms with E-state index in [0.717, 1.165) is 31.1 Å². The van der Waals surface area contributed by atoms with Gasteiger partial charge in [0.25, 0.3) is 0 Å². The van der Waals surface area contributed by atoms with Gasteiger partial charge in [0.1, 0.15) is 0 Å². The van der Waals surface area contributed by atoms with Gasteiger partial charge in [-0.2, -0.15) is 5.10 Å². The summed E-state index contributed by atoms with van der Waals surface area (Å²) in [4.78, 5) is 7.28. The number of piperidine rings is 1. The van der Waals surface area contributed by atoms with Crippen molar-refractivity contribution in [2.75, 3.05) is 18.0 Å². The molecule has 0 N–H and O–H groups in total. The standard InChI is InChI=1S/C18H22N4S/c1-14-3-4-16-17(13-14)23-18(20-16)21-10-5-15(6-11-21)7-12-22-9-2-8-19-22/h2-4,8-9,13,15H,5-7,10-12H2,1H3. The summed E-state index contributed by atoms with van der Waals surface area (Å²) in [5.74, 6) is 0.812. The molecule has 2 aromatic heterocycles. The predicted octanol–water partition coefficient (Wildman–Crippen LogP) is 4.11. The normalized spacial score (nSPS) is 16.3. The number of aryl methyl sites for hydroxylation is 2. The predicted molar refractivity (Wildman–Crippen MR) is 96.1 cm³/mol. The Hall–Kier alpha value is -1.88. The third-order valence-electron chi connectivity index (χ3n) is 4.74. The van der Waals surface area contributed by atoms with Crippen molar-refractivity contribution >= 4 is 26.7 Å². The average Bonchev–Trinajstić information content (AvgIpc) is 3.22. The second-order valence-corrected chi connectivity index (χ2v) is 7.46. The van der Waals surface area contributed by atoms with E-state index >= 15 is 0 Å². The molecule has 1 aromatic carbocycles. The van der Waals surface area contributed by atoms with Gasteiger partial charge in [-0.3, -0.25) is 4.68 Å². The van der Waals surface area contributed by atoms with Gasteiger partial charge in [0.05, 0.1) is 10.2 Å². The first-order valence-corrected chi connectivity index (χ1v) is 9.19. The van der Waals surface area contributed by atoms with Crippen LogP contribution >= 0.6 is 11.3 Å². The zero-order valence-electron chi connectivity index (χ0n) is 13.5. The van der Waals surface area contributed by atoms with Gasteiger partial charge in [0.2, 0.25) is 0 Å². The molecule has 1 fully saturated rings. The highest BCUT2D eigenvalue weighted by molar-refractivity contribution is 7.22. The van der Waals surface area contributed by atoms with Crippen LogP contribution in [0.2, 0.25) is 0 Å². The maximum absolute atomic E-state index is 4.82. The van der Waals surface area contributed by atoms with Crippen LogP contribution in [0.3, 0.4) is 0 Å². The van der Waals surface area contributed by atoms with Crippen molar-refractivity contribution in [3.63, 3.8) is 0 Å². The highest BCUT2D eigenvalue weighted by Gasteiger charge is 2.21. The number of fused-ring (bicyclic) bond motifs is 1. The Morgan fingerprint density at radius 2 is 2.13 bits per heavy atom. The minimum absolute atomic E-state index is 0.812. The Labute approximate surface area is 140 Å². The van der Waals surface area contributed by atoms with Crippen LogP contribution in [0.1, 0.15) is 24.8 Å². The summed E-state index contributed by atoms with van der Waals surface area (Å²) in [6.07, 6.45) is 7.66. The molecule has 5 heteroatoms. The van der Waals surface area contributed by atoms with Crippen LogP contribution in [0.25, 0.3) is 10.2 Å². The maximum Gasteiger partial charge on any atom is 0.186 e. The topological polar surface area (TPSA) is 34.0 Å². The van der Waals surface area contributed by atoms with E-state index in [1.54, 1.807) is 0 Å². The first-order chi connectivity index (χ1) is 11.3. The fourth-order valence-electron chi connectivity index (χ4n) is 3.32. The number of rotatable bonds is 4. The summed E-state index contributed by atoms with van der Waals surface area (Å²) in [7, 11) is 0. The first-order valence-electron chi connectivity index (χ1n) is 8.37. The van der Waals surface area contributed by atoms with Crippen molar-refractivity contribution in [3.8, 4) is 0 Å². The molecule has 4 rings (SSSR count). The number of aromatic nitrogens is 3.